The molecule has 98 valence electrons. The Hall–Kier alpha value is -2.33. The Morgan fingerprint density at radius 1 is 0.947 bits per heavy atom. The van der Waals surface area contributed by atoms with Gasteiger partial charge in [-0.25, -0.2) is 4.79 Å². The minimum Gasteiger partial charge on any atom is -0.324 e. The van der Waals surface area contributed by atoms with Crippen LogP contribution in [-0.4, -0.2) is 6.03 Å². The number of para-hydroxylation sites is 1. The van der Waals surface area contributed by atoms with Crippen LogP contribution >= 0.6 is 0 Å². The van der Waals surface area contributed by atoms with Crippen LogP contribution in [0.3, 0.4) is 0 Å². The Morgan fingerprint density at radius 2 is 1.47 bits per heavy atom. The third-order valence-corrected chi connectivity index (χ3v) is 2.73. The summed E-state index contributed by atoms with van der Waals surface area (Å²) in [6.45, 7) is 1.92. The zero-order chi connectivity index (χ0) is 13.7. The van der Waals surface area contributed by atoms with Gasteiger partial charge in [0, 0.05) is 17.4 Å². The zero-order valence-electron chi connectivity index (χ0n) is 10.8. The Balaban J connectivity index is 1.95. The number of urea groups is 1. The maximum atomic E-state index is 11.8. The molecule has 4 heteroatoms. The number of nitrogens with one attached hydrogen (secondary N) is 2. The van der Waals surface area contributed by atoms with Crippen molar-refractivity contribution in [3.05, 3.63) is 60.2 Å². The second-order valence-electron chi connectivity index (χ2n) is 4.36. The van der Waals surface area contributed by atoms with Gasteiger partial charge >= 0.3 is 6.03 Å². The Bertz CT molecular complexity index is 535. The van der Waals surface area contributed by atoms with Gasteiger partial charge in [-0.1, -0.05) is 30.3 Å². The van der Waals surface area contributed by atoms with Gasteiger partial charge < -0.3 is 16.4 Å². The summed E-state index contributed by atoms with van der Waals surface area (Å²) in [6, 6.07) is 16.5. The molecule has 0 bridgehead atoms. The first-order valence-corrected chi connectivity index (χ1v) is 6.14. The third-order valence-electron chi connectivity index (χ3n) is 2.73. The summed E-state index contributed by atoms with van der Waals surface area (Å²) in [5.41, 5.74) is 8.29. The van der Waals surface area contributed by atoms with Crippen LogP contribution in [0.15, 0.2) is 54.6 Å². The summed E-state index contributed by atoms with van der Waals surface area (Å²) in [5, 5.41) is 5.52. The van der Waals surface area contributed by atoms with Crippen LogP contribution < -0.4 is 16.4 Å². The molecule has 2 aromatic rings. The normalized spacial score (nSPS) is 11.7. The molecule has 0 saturated heterocycles. The topological polar surface area (TPSA) is 67.1 Å². The average Bonchev–Trinajstić information content (AvgIpc) is 2.40. The maximum absolute atomic E-state index is 11.8. The minimum atomic E-state index is -0.264. The van der Waals surface area contributed by atoms with E-state index >= 15 is 0 Å². The van der Waals surface area contributed by atoms with Crippen LogP contribution in [0.25, 0.3) is 0 Å². The van der Waals surface area contributed by atoms with E-state index in [1.807, 2.05) is 61.5 Å². The van der Waals surface area contributed by atoms with E-state index in [1.165, 1.54) is 0 Å². The van der Waals surface area contributed by atoms with E-state index in [1.54, 1.807) is 0 Å². The molecule has 0 fully saturated rings. The van der Waals surface area contributed by atoms with Crippen molar-refractivity contribution >= 4 is 17.4 Å². The molecule has 0 saturated carbocycles. The molecule has 0 aliphatic rings. The predicted molar refractivity (Wildman–Crippen MR) is 78.1 cm³/mol. The molecule has 4 N–H and O–H groups in total. The molecule has 4 nitrogen and oxygen atoms in total. The van der Waals surface area contributed by atoms with Crippen molar-refractivity contribution in [2.24, 2.45) is 5.73 Å². The highest BCUT2D eigenvalue weighted by molar-refractivity contribution is 5.99. The van der Waals surface area contributed by atoms with Crippen LogP contribution in [0.2, 0.25) is 0 Å². The lowest BCUT2D eigenvalue weighted by molar-refractivity contribution is 0.262. The van der Waals surface area contributed by atoms with E-state index in [0.29, 0.717) is 0 Å². The average molecular weight is 255 g/mol. The highest BCUT2D eigenvalue weighted by Gasteiger charge is 2.03. The molecule has 2 amide bonds. The Morgan fingerprint density at radius 3 is 2.00 bits per heavy atom. The van der Waals surface area contributed by atoms with Crippen molar-refractivity contribution < 1.29 is 4.79 Å². The van der Waals surface area contributed by atoms with Gasteiger partial charge in [-0.3, -0.25) is 0 Å². The Labute approximate surface area is 112 Å². The number of amides is 2. The summed E-state index contributed by atoms with van der Waals surface area (Å²) in [4.78, 5) is 11.8. The number of nitrogens with two attached hydrogens (primary N) is 1. The lowest BCUT2D eigenvalue weighted by Gasteiger charge is -2.09. The van der Waals surface area contributed by atoms with Gasteiger partial charge in [0.2, 0.25) is 0 Å². The number of carbonyl (C=O) groups is 1. The SMILES string of the molecule is C[C@@H](N)c1ccc(NC(=O)Nc2ccccc2)cc1. The van der Waals surface area contributed by atoms with Gasteiger partial charge in [-0.05, 0) is 36.8 Å². The smallest absolute Gasteiger partial charge is 0.323 e. The molecule has 0 aliphatic heterocycles. The van der Waals surface area contributed by atoms with Gasteiger partial charge in [0.15, 0.2) is 0 Å². The molecule has 2 rings (SSSR count). The molecule has 0 radical (unpaired) electrons. The molecule has 19 heavy (non-hydrogen) atoms. The van der Waals surface area contributed by atoms with Crippen LogP contribution in [-0.2, 0) is 0 Å². The second kappa shape index (κ2) is 6.02. The van der Waals surface area contributed by atoms with Crippen molar-refractivity contribution in [1.29, 1.82) is 0 Å². The van der Waals surface area contributed by atoms with Crippen LogP contribution in [0, 0.1) is 0 Å². The number of hydrogen-bond acceptors (Lipinski definition) is 2. The molecule has 1 atom stereocenters. The van der Waals surface area contributed by atoms with Crippen molar-refractivity contribution in [1.82, 2.24) is 0 Å². The fourth-order valence-electron chi connectivity index (χ4n) is 1.68. The summed E-state index contributed by atoms with van der Waals surface area (Å²) in [6.07, 6.45) is 0. The predicted octanol–water partition coefficient (Wildman–Crippen LogP) is 3.35. The molecular formula is C15H17N3O. The van der Waals surface area contributed by atoms with Crippen LogP contribution in [0.5, 0.6) is 0 Å². The lowest BCUT2D eigenvalue weighted by Crippen LogP contribution is -2.19. The molecule has 2 aromatic carbocycles. The standard InChI is InChI=1S/C15H17N3O/c1-11(16)12-7-9-14(10-8-12)18-15(19)17-13-5-3-2-4-6-13/h2-11H,16H2,1H3,(H2,17,18,19)/t11-/m1/s1. The Kier molecular flexibility index (Phi) is 4.15. The van der Waals surface area contributed by atoms with Crippen molar-refractivity contribution in [3.63, 3.8) is 0 Å². The lowest BCUT2D eigenvalue weighted by atomic mass is 10.1. The summed E-state index contributed by atoms with van der Waals surface area (Å²) in [5.74, 6) is 0. The molecule has 0 aliphatic carbocycles. The highest BCUT2D eigenvalue weighted by atomic mass is 16.2. The number of rotatable bonds is 3. The molecule has 0 heterocycles. The molecular weight excluding hydrogens is 238 g/mol. The summed E-state index contributed by atoms with van der Waals surface area (Å²) in [7, 11) is 0. The van der Waals surface area contributed by atoms with Crippen molar-refractivity contribution in [2.45, 2.75) is 13.0 Å². The number of anilines is 2. The molecule has 0 aromatic heterocycles. The fourth-order valence-corrected chi connectivity index (χ4v) is 1.68. The molecule has 0 unspecified atom stereocenters. The summed E-state index contributed by atoms with van der Waals surface area (Å²) >= 11 is 0. The fraction of sp³-hybridized carbons (Fsp3) is 0.133. The largest absolute Gasteiger partial charge is 0.324 e. The first kappa shape index (κ1) is 13.1. The minimum absolute atomic E-state index is 0.00723. The number of hydrogen-bond donors (Lipinski definition) is 3. The first-order chi connectivity index (χ1) is 9.15. The van der Waals surface area contributed by atoms with E-state index in [2.05, 4.69) is 10.6 Å². The number of benzene rings is 2. The monoisotopic (exact) mass is 255 g/mol. The van der Waals surface area contributed by atoms with E-state index in [4.69, 9.17) is 5.73 Å². The van der Waals surface area contributed by atoms with Crippen molar-refractivity contribution in [2.75, 3.05) is 10.6 Å². The maximum Gasteiger partial charge on any atom is 0.323 e. The van der Waals surface area contributed by atoms with E-state index in [9.17, 15) is 4.79 Å². The van der Waals surface area contributed by atoms with Gasteiger partial charge in [0.1, 0.15) is 0 Å². The van der Waals surface area contributed by atoms with Gasteiger partial charge in [-0.15, -0.1) is 0 Å². The van der Waals surface area contributed by atoms with Gasteiger partial charge in [0.25, 0.3) is 0 Å². The van der Waals surface area contributed by atoms with Gasteiger partial charge in [0.05, 0.1) is 0 Å². The quantitative estimate of drug-likeness (QED) is 0.787. The summed E-state index contributed by atoms with van der Waals surface area (Å²) < 4.78 is 0. The number of carbonyl (C=O) groups excluding carboxylic acids is 1. The second-order valence-corrected chi connectivity index (χ2v) is 4.36. The first-order valence-electron chi connectivity index (χ1n) is 6.14. The van der Waals surface area contributed by atoms with Crippen molar-refractivity contribution in [3.8, 4) is 0 Å². The van der Waals surface area contributed by atoms with Crippen LogP contribution in [0.4, 0.5) is 16.2 Å². The van der Waals surface area contributed by atoms with Crippen LogP contribution in [0.1, 0.15) is 18.5 Å². The van der Waals surface area contributed by atoms with E-state index < -0.39 is 0 Å². The van der Waals surface area contributed by atoms with E-state index in [-0.39, 0.29) is 12.1 Å². The third kappa shape index (κ3) is 3.82. The highest BCUT2D eigenvalue weighted by Crippen LogP contribution is 2.14. The van der Waals surface area contributed by atoms with Gasteiger partial charge in [-0.2, -0.15) is 0 Å². The van der Waals surface area contributed by atoms with E-state index in [0.717, 1.165) is 16.9 Å². The zero-order valence-corrected chi connectivity index (χ0v) is 10.8. The molecule has 0 spiro atoms.